The smallest absolute Gasteiger partial charge is 0.417 e. The average Bonchev–Trinajstić information content (AvgIpc) is 2.70. The SMILES string of the molecule is CCCc1ccc(S(=O)(=O)NC2CCC(Oc3ccc(C(F)(F)F)cn3)CC2)cc1. The fourth-order valence-electron chi connectivity index (χ4n) is 3.50. The van der Waals surface area contributed by atoms with Crippen molar-refractivity contribution in [2.45, 2.75) is 68.7 Å². The molecule has 0 radical (unpaired) electrons. The van der Waals surface area contributed by atoms with Gasteiger partial charge in [-0.05, 0) is 55.9 Å². The molecule has 1 fully saturated rings. The maximum absolute atomic E-state index is 12.6. The van der Waals surface area contributed by atoms with E-state index in [1.807, 2.05) is 12.1 Å². The molecule has 0 unspecified atom stereocenters. The lowest BCUT2D eigenvalue weighted by Gasteiger charge is -2.29. The van der Waals surface area contributed by atoms with Crippen LogP contribution in [0.4, 0.5) is 13.2 Å². The Kier molecular flexibility index (Phi) is 7.02. The molecule has 0 amide bonds. The molecule has 3 rings (SSSR count). The van der Waals surface area contributed by atoms with Crippen LogP contribution in [-0.4, -0.2) is 25.5 Å². The van der Waals surface area contributed by atoms with Crippen LogP contribution < -0.4 is 9.46 Å². The highest BCUT2D eigenvalue weighted by Crippen LogP contribution is 2.30. The molecule has 1 heterocycles. The zero-order valence-electron chi connectivity index (χ0n) is 16.7. The highest BCUT2D eigenvalue weighted by atomic mass is 32.2. The minimum Gasteiger partial charge on any atom is -0.474 e. The number of pyridine rings is 1. The van der Waals surface area contributed by atoms with Gasteiger partial charge in [0, 0.05) is 18.3 Å². The van der Waals surface area contributed by atoms with Gasteiger partial charge >= 0.3 is 6.18 Å². The third-order valence-corrected chi connectivity index (χ3v) is 6.66. The van der Waals surface area contributed by atoms with E-state index in [0.717, 1.165) is 30.7 Å². The van der Waals surface area contributed by atoms with Crippen LogP contribution in [0.1, 0.15) is 50.2 Å². The van der Waals surface area contributed by atoms with Crippen LogP contribution in [0.3, 0.4) is 0 Å². The molecule has 164 valence electrons. The zero-order chi connectivity index (χ0) is 21.8. The van der Waals surface area contributed by atoms with E-state index in [0.29, 0.717) is 25.7 Å². The Morgan fingerprint density at radius 1 is 1.07 bits per heavy atom. The molecule has 1 aromatic carbocycles. The summed E-state index contributed by atoms with van der Waals surface area (Å²) in [6.07, 6.45) is 0.359. The monoisotopic (exact) mass is 442 g/mol. The van der Waals surface area contributed by atoms with Crippen molar-refractivity contribution in [1.29, 1.82) is 0 Å². The number of nitrogens with one attached hydrogen (secondary N) is 1. The molecule has 1 aromatic heterocycles. The van der Waals surface area contributed by atoms with Crippen LogP contribution in [0, 0.1) is 0 Å². The summed E-state index contributed by atoms with van der Waals surface area (Å²) in [6.45, 7) is 2.07. The molecule has 30 heavy (non-hydrogen) atoms. The van der Waals surface area contributed by atoms with Gasteiger partial charge in [0.15, 0.2) is 0 Å². The second kappa shape index (κ2) is 9.34. The number of benzene rings is 1. The number of aromatic nitrogens is 1. The van der Waals surface area contributed by atoms with Crippen LogP contribution in [0.2, 0.25) is 0 Å². The first-order valence-corrected chi connectivity index (χ1v) is 11.5. The van der Waals surface area contributed by atoms with Gasteiger partial charge < -0.3 is 4.74 Å². The summed E-state index contributed by atoms with van der Waals surface area (Å²) in [5.41, 5.74) is 0.279. The number of aryl methyl sites for hydroxylation is 1. The number of nitrogens with zero attached hydrogens (tertiary/aromatic N) is 1. The summed E-state index contributed by atoms with van der Waals surface area (Å²) >= 11 is 0. The Morgan fingerprint density at radius 3 is 2.27 bits per heavy atom. The van der Waals surface area contributed by atoms with E-state index in [1.165, 1.54) is 6.07 Å². The normalized spacial score (nSPS) is 20.1. The standard InChI is InChI=1S/C21H25F3N2O3S/c1-2-3-15-4-11-19(12-5-15)30(27,28)26-17-7-9-18(10-8-17)29-20-13-6-16(14-25-20)21(22,23)24/h4-6,11-14,17-18,26H,2-3,7-10H2,1H3. The number of ether oxygens (including phenoxy) is 1. The second-order valence-electron chi connectivity index (χ2n) is 7.49. The van der Waals surface area contributed by atoms with Crippen LogP contribution >= 0.6 is 0 Å². The van der Waals surface area contributed by atoms with Gasteiger partial charge in [0.25, 0.3) is 0 Å². The highest BCUT2D eigenvalue weighted by Gasteiger charge is 2.31. The van der Waals surface area contributed by atoms with Gasteiger partial charge in [0.2, 0.25) is 15.9 Å². The maximum atomic E-state index is 12.6. The van der Waals surface area contributed by atoms with E-state index in [1.54, 1.807) is 12.1 Å². The van der Waals surface area contributed by atoms with Gasteiger partial charge in [-0.15, -0.1) is 0 Å². The van der Waals surface area contributed by atoms with Gasteiger partial charge in [0.05, 0.1) is 10.5 Å². The summed E-state index contributed by atoms with van der Waals surface area (Å²) < 4.78 is 71.4. The van der Waals surface area contributed by atoms with Crippen molar-refractivity contribution in [2.24, 2.45) is 0 Å². The lowest BCUT2D eigenvalue weighted by molar-refractivity contribution is -0.137. The second-order valence-corrected chi connectivity index (χ2v) is 9.20. The Balaban J connectivity index is 1.51. The predicted octanol–water partition coefficient (Wildman–Crippen LogP) is 4.72. The first-order chi connectivity index (χ1) is 14.2. The predicted molar refractivity (Wildman–Crippen MR) is 107 cm³/mol. The van der Waals surface area contributed by atoms with Crippen molar-refractivity contribution in [3.63, 3.8) is 0 Å². The van der Waals surface area contributed by atoms with Gasteiger partial charge in [-0.2, -0.15) is 13.2 Å². The Bertz CT molecular complexity index is 921. The molecule has 0 spiro atoms. The number of hydrogen-bond donors (Lipinski definition) is 1. The van der Waals surface area contributed by atoms with Crippen molar-refractivity contribution in [2.75, 3.05) is 0 Å². The first kappa shape index (κ1) is 22.6. The summed E-state index contributed by atoms with van der Waals surface area (Å²) in [6, 6.07) is 8.86. The topological polar surface area (TPSA) is 68.3 Å². The number of sulfonamides is 1. The van der Waals surface area contributed by atoms with Gasteiger partial charge in [-0.3, -0.25) is 0 Å². The van der Waals surface area contributed by atoms with E-state index >= 15 is 0 Å². The van der Waals surface area contributed by atoms with Crippen molar-refractivity contribution in [1.82, 2.24) is 9.71 Å². The van der Waals surface area contributed by atoms with E-state index in [4.69, 9.17) is 4.74 Å². The summed E-state index contributed by atoms with van der Waals surface area (Å²) in [7, 11) is -3.60. The van der Waals surface area contributed by atoms with Crippen LogP contribution in [0.25, 0.3) is 0 Å². The molecule has 2 aromatic rings. The molecule has 0 bridgehead atoms. The molecule has 5 nitrogen and oxygen atoms in total. The molecule has 0 atom stereocenters. The molecule has 1 aliphatic carbocycles. The Hall–Kier alpha value is -2.13. The molecular weight excluding hydrogens is 417 g/mol. The van der Waals surface area contributed by atoms with Gasteiger partial charge in [-0.25, -0.2) is 18.1 Å². The average molecular weight is 443 g/mol. The Labute approximate surface area is 174 Å². The molecular formula is C21H25F3N2O3S. The van der Waals surface area contributed by atoms with Crippen molar-refractivity contribution < 1.29 is 26.3 Å². The minimum atomic E-state index is -4.43. The third-order valence-electron chi connectivity index (χ3n) is 5.12. The van der Waals surface area contributed by atoms with E-state index in [2.05, 4.69) is 16.6 Å². The molecule has 0 saturated heterocycles. The van der Waals surface area contributed by atoms with Gasteiger partial charge in [-0.1, -0.05) is 25.5 Å². The Morgan fingerprint density at radius 2 is 1.73 bits per heavy atom. The fourth-order valence-corrected chi connectivity index (χ4v) is 4.80. The largest absolute Gasteiger partial charge is 0.474 e. The highest BCUT2D eigenvalue weighted by molar-refractivity contribution is 7.89. The van der Waals surface area contributed by atoms with Crippen LogP contribution in [0.5, 0.6) is 5.88 Å². The minimum absolute atomic E-state index is 0.138. The molecule has 9 heteroatoms. The van der Waals surface area contributed by atoms with E-state index in [9.17, 15) is 21.6 Å². The quantitative estimate of drug-likeness (QED) is 0.674. The third kappa shape index (κ3) is 5.95. The maximum Gasteiger partial charge on any atom is 0.417 e. The lowest BCUT2D eigenvalue weighted by Crippen LogP contribution is -2.39. The van der Waals surface area contributed by atoms with Crippen molar-refractivity contribution >= 4 is 10.0 Å². The summed E-state index contributed by atoms with van der Waals surface area (Å²) in [5.74, 6) is 0.138. The number of hydrogen-bond acceptors (Lipinski definition) is 4. The molecule has 1 N–H and O–H groups in total. The lowest BCUT2D eigenvalue weighted by atomic mass is 9.94. The molecule has 0 aliphatic heterocycles. The first-order valence-electron chi connectivity index (χ1n) is 9.98. The fraction of sp³-hybridized carbons (Fsp3) is 0.476. The number of halogens is 3. The number of alkyl halides is 3. The van der Waals surface area contributed by atoms with Crippen LogP contribution in [0.15, 0.2) is 47.5 Å². The molecule has 1 saturated carbocycles. The van der Waals surface area contributed by atoms with Crippen LogP contribution in [-0.2, 0) is 22.6 Å². The van der Waals surface area contributed by atoms with Crippen molar-refractivity contribution in [3.8, 4) is 5.88 Å². The van der Waals surface area contributed by atoms with E-state index < -0.39 is 21.8 Å². The summed E-state index contributed by atoms with van der Waals surface area (Å²) in [4.78, 5) is 3.97. The zero-order valence-corrected chi connectivity index (χ0v) is 17.5. The van der Waals surface area contributed by atoms with E-state index in [-0.39, 0.29) is 22.9 Å². The van der Waals surface area contributed by atoms with Gasteiger partial charge in [0.1, 0.15) is 6.10 Å². The van der Waals surface area contributed by atoms with Crippen molar-refractivity contribution in [3.05, 3.63) is 53.7 Å². The molecule has 1 aliphatic rings. The number of rotatable bonds is 7. The summed E-state index contributed by atoms with van der Waals surface area (Å²) in [5, 5.41) is 0.